The van der Waals surface area contributed by atoms with Crippen molar-refractivity contribution in [2.24, 2.45) is 5.92 Å². The van der Waals surface area contributed by atoms with E-state index in [0.29, 0.717) is 5.65 Å². The van der Waals surface area contributed by atoms with E-state index in [2.05, 4.69) is 20.5 Å². The molecule has 3 heterocycles. The van der Waals surface area contributed by atoms with Crippen LogP contribution >= 0.6 is 11.6 Å². The lowest BCUT2D eigenvalue weighted by molar-refractivity contribution is -0.183. The third-order valence-corrected chi connectivity index (χ3v) is 5.76. The normalized spacial score (nSPS) is 19.2. The predicted octanol–water partition coefficient (Wildman–Crippen LogP) is 5.54. The Kier molecular flexibility index (Phi) is 4.82. The highest BCUT2D eigenvalue weighted by Gasteiger charge is 2.45. The second kappa shape index (κ2) is 7.37. The molecule has 0 spiro atoms. The third kappa shape index (κ3) is 3.58. The monoisotopic (exact) mass is 487 g/mol. The highest BCUT2D eigenvalue weighted by atomic mass is 35.5. The Morgan fingerprint density at radius 2 is 2.03 bits per heavy atom. The van der Waals surface area contributed by atoms with Crippen LogP contribution in [-0.2, 0) is 4.79 Å². The Balaban J connectivity index is 1.59. The number of H-pyrrole nitrogens is 1. The summed E-state index contributed by atoms with van der Waals surface area (Å²) in [6.07, 6.45) is -5.97. The van der Waals surface area contributed by atoms with Gasteiger partial charge in [-0.05, 0) is 18.6 Å². The fourth-order valence-corrected chi connectivity index (χ4v) is 3.99. The molecule has 4 aromatic rings. The number of carbonyl (C=O) groups excluding carboxylic acids is 1. The lowest BCUT2D eigenvalue weighted by atomic mass is 9.97. The second-order valence-electron chi connectivity index (χ2n) is 7.64. The zero-order valence-corrected chi connectivity index (χ0v) is 17.0. The molecule has 1 fully saturated rings. The van der Waals surface area contributed by atoms with Crippen LogP contribution in [0.4, 0.5) is 32.2 Å². The Morgan fingerprint density at radius 1 is 1.30 bits per heavy atom. The molecule has 1 unspecified atom stereocenters. The first-order chi connectivity index (χ1) is 15.6. The molecule has 3 aromatic heterocycles. The molecule has 1 aromatic carbocycles. The van der Waals surface area contributed by atoms with Crippen molar-refractivity contribution in [2.75, 3.05) is 5.32 Å². The van der Waals surface area contributed by atoms with Crippen molar-refractivity contribution < 1.29 is 31.1 Å². The average molecular weight is 488 g/mol. The number of amides is 1. The molecule has 0 radical (unpaired) electrons. The van der Waals surface area contributed by atoms with Crippen LogP contribution in [-0.4, -0.2) is 37.8 Å². The molecular formula is C20H12ClF6N5O. The molecule has 0 bridgehead atoms. The SMILES string of the molecule is O=C(Nc1cn2cc(-c3c(Cl)c(F)c(C(F)C(F)(F)F)c4[nH]ncc34)ccc2n1)[C@@H]1C[C@@H]1F. The van der Waals surface area contributed by atoms with Gasteiger partial charge in [-0.15, -0.1) is 0 Å². The van der Waals surface area contributed by atoms with E-state index in [9.17, 15) is 31.1 Å². The zero-order valence-electron chi connectivity index (χ0n) is 16.2. The standard InChI is InChI=1S/C20H12ClF6N5O/c21-15-13(9-4-28-31-17(9)14(16(15)23)18(24)20(25,26)27)7-1-2-12-29-11(6-32(12)5-7)30-19(33)8-3-10(8)22/h1-2,4-6,8,10,18H,3H2,(H,28,31)(H,30,33)/t8-,10+,18?/m1/s1. The number of nitrogens with one attached hydrogen (secondary N) is 2. The highest BCUT2D eigenvalue weighted by molar-refractivity contribution is 6.35. The Hall–Kier alpha value is -3.28. The first-order valence-corrected chi connectivity index (χ1v) is 9.93. The number of nitrogens with zero attached hydrogens (tertiary/aromatic N) is 3. The molecule has 1 aliphatic rings. The number of alkyl halides is 5. The lowest BCUT2D eigenvalue weighted by Crippen LogP contribution is -2.18. The fraction of sp³-hybridized carbons (Fsp3) is 0.250. The topological polar surface area (TPSA) is 75.1 Å². The number of pyridine rings is 1. The van der Waals surface area contributed by atoms with E-state index in [4.69, 9.17) is 11.6 Å². The van der Waals surface area contributed by atoms with Gasteiger partial charge in [0.25, 0.3) is 0 Å². The number of halogens is 7. The van der Waals surface area contributed by atoms with Crippen LogP contribution in [0.2, 0.25) is 5.02 Å². The lowest BCUT2D eigenvalue weighted by Gasteiger charge is -2.17. The van der Waals surface area contributed by atoms with E-state index < -0.39 is 52.3 Å². The van der Waals surface area contributed by atoms with Gasteiger partial charge in [0.15, 0.2) is 11.6 Å². The maximum Gasteiger partial charge on any atom is 0.424 e. The minimum Gasteiger partial charge on any atom is -0.309 e. The summed E-state index contributed by atoms with van der Waals surface area (Å²) in [6, 6.07) is 2.98. The fourth-order valence-electron chi connectivity index (χ4n) is 3.68. The number of aromatic amines is 1. The minimum absolute atomic E-state index is 0.00419. The van der Waals surface area contributed by atoms with E-state index in [0.717, 1.165) is 6.20 Å². The summed E-state index contributed by atoms with van der Waals surface area (Å²) in [5.41, 5.74) is -1.10. The maximum atomic E-state index is 14.9. The van der Waals surface area contributed by atoms with Crippen LogP contribution < -0.4 is 5.32 Å². The van der Waals surface area contributed by atoms with Gasteiger partial charge in [-0.25, -0.2) is 18.2 Å². The predicted molar refractivity (Wildman–Crippen MR) is 107 cm³/mol. The van der Waals surface area contributed by atoms with Crippen molar-refractivity contribution in [3.05, 3.63) is 47.1 Å². The molecule has 5 rings (SSSR count). The van der Waals surface area contributed by atoms with Crippen LogP contribution in [0, 0.1) is 11.7 Å². The first-order valence-electron chi connectivity index (χ1n) is 9.55. The number of aromatic nitrogens is 4. The molecule has 1 saturated carbocycles. The second-order valence-corrected chi connectivity index (χ2v) is 8.01. The van der Waals surface area contributed by atoms with E-state index in [1.807, 2.05) is 0 Å². The number of rotatable bonds is 4. The van der Waals surface area contributed by atoms with E-state index in [1.165, 1.54) is 28.9 Å². The van der Waals surface area contributed by atoms with E-state index in [-0.39, 0.29) is 28.8 Å². The molecule has 3 atom stereocenters. The molecule has 6 nitrogen and oxygen atoms in total. The van der Waals surface area contributed by atoms with E-state index >= 15 is 0 Å². The molecule has 0 saturated heterocycles. The van der Waals surface area contributed by atoms with Crippen molar-refractivity contribution in [3.63, 3.8) is 0 Å². The molecule has 13 heteroatoms. The molecule has 1 amide bonds. The maximum absolute atomic E-state index is 14.9. The Morgan fingerprint density at radius 3 is 2.70 bits per heavy atom. The van der Waals surface area contributed by atoms with Crippen molar-refractivity contribution in [1.82, 2.24) is 19.6 Å². The van der Waals surface area contributed by atoms with E-state index in [1.54, 1.807) is 0 Å². The summed E-state index contributed by atoms with van der Waals surface area (Å²) >= 11 is 6.08. The molecule has 1 aliphatic carbocycles. The number of benzene rings is 1. The summed E-state index contributed by atoms with van der Waals surface area (Å²) in [5.74, 6) is -2.62. The summed E-state index contributed by atoms with van der Waals surface area (Å²) < 4.78 is 82.4. The van der Waals surface area contributed by atoms with Gasteiger partial charge in [-0.2, -0.15) is 18.3 Å². The molecular weight excluding hydrogens is 476 g/mol. The highest BCUT2D eigenvalue weighted by Crippen LogP contribution is 2.46. The molecule has 2 N–H and O–H groups in total. The largest absolute Gasteiger partial charge is 0.424 e. The van der Waals surface area contributed by atoms with Gasteiger partial charge in [0.2, 0.25) is 12.1 Å². The smallest absolute Gasteiger partial charge is 0.309 e. The Labute approximate surface area is 185 Å². The zero-order chi connectivity index (χ0) is 23.7. The van der Waals surface area contributed by atoms with Crippen LogP contribution in [0.25, 0.3) is 27.7 Å². The number of imidazole rings is 1. The number of carbonyl (C=O) groups is 1. The summed E-state index contributed by atoms with van der Waals surface area (Å²) in [5, 5.41) is 7.64. The average Bonchev–Trinajstić information content (AvgIpc) is 3.11. The van der Waals surface area contributed by atoms with Crippen molar-refractivity contribution in [3.8, 4) is 11.1 Å². The third-order valence-electron chi connectivity index (χ3n) is 5.41. The van der Waals surface area contributed by atoms with Gasteiger partial charge < -0.3 is 9.72 Å². The van der Waals surface area contributed by atoms with Crippen LogP contribution in [0.15, 0.2) is 30.7 Å². The van der Waals surface area contributed by atoms with Crippen LogP contribution in [0.1, 0.15) is 18.2 Å². The summed E-state index contributed by atoms with van der Waals surface area (Å²) in [7, 11) is 0. The van der Waals surface area contributed by atoms with Gasteiger partial charge in [-0.3, -0.25) is 9.89 Å². The van der Waals surface area contributed by atoms with Gasteiger partial charge in [0, 0.05) is 22.7 Å². The molecule has 0 aliphatic heterocycles. The quantitative estimate of drug-likeness (QED) is 0.371. The first kappa shape index (κ1) is 21.6. The van der Waals surface area contributed by atoms with Gasteiger partial charge in [-0.1, -0.05) is 11.6 Å². The number of fused-ring (bicyclic) bond motifs is 2. The molecule has 33 heavy (non-hydrogen) atoms. The number of anilines is 1. The summed E-state index contributed by atoms with van der Waals surface area (Å²) in [4.78, 5) is 16.1. The van der Waals surface area contributed by atoms with Gasteiger partial charge in [0.05, 0.1) is 34.4 Å². The number of hydrogen-bond acceptors (Lipinski definition) is 3. The minimum atomic E-state index is -5.34. The molecule has 172 valence electrons. The van der Waals surface area contributed by atoms with Crippen molar-refractivity contribution in [2.45, 2.75) is 24.9 Å². The van der Waals surface area contributed by atoms with Crippen molar-refractivity contribution in [1.29, 1.82) is 0 Å². The van der Waals surface area contributed by atoms with Crippen LogP contribution in [0.3, 0.4) is 0 Å². The van der Waals surface area contributed by atoms with Crippen LogP contribution in [0.5, 0.6) is 0 Å². The van der Waals surface area contributed by atoms with Gasteiger partial charge >= 0.3 is 6.18 Å². The number of hydrogen-bond donors (Lipinski definition) is 2. The van der Waals surface area contributed by atoms with Crippen molar-refractivity contribution >= 4 is 39.9 Å². The summed E-state index contributed by atoms with van der Waals surface area (Å²) in [6.45, 7) is 0. The van der Waals surface area contributed by atoms with Gasteiger partial charge in [0.1, 0.15) is 11.8 Å². The Bertz CT molecular complexity index is 1410.